The normalized spacial score (nSPS) is 15.8. The smallest absolute Gasteiger partial charge is 0.264 e. The summed E-state index contributed by atoms with van der Waals surface area (Å²) in [5.74, 6) is 1.39. The van der Waals surface area contributed by atoms with E-state index in [-0.39, 0.29) is 17.9 Å². The minimum absolute atomic E-state index is 0.0292. The lowest BCUT2D eigenvalue weighted by Crippen LogP contribution is -2.41. The lowest BCUT2D eigenvalue weighted by molar-refractivity contribution is -0.141. The molecule has 1 aliphatic heterocycles. The van der Waals surface area contributed by atoms with E-state index in [0.29, 0.717) is 41.5 Å². The van der Waals surface area contributed by atoms with Gasteiger partial charge in [0.25, 0.3) is 11.8 Å². The van der Waals surface area contributed by atoms with Crippen LogP contribution in [-0.2, 0) is 11.3 Å². The van der Waals surface area contributed by atoms with Gasteiger partial charge in [-0.2, -0.15) is 0 Å². The van der Waals surface area contributed by atoms with Crippen LogP contribution in [0, 0.1) is 0 Å². The summed E-state index contributed by atoms with van der Waals surface area (Å²) in [4.78, 5) is 28.4. The summed E-state index contributed by atoms with van der Waals surface area (Å²) in [7, 11) is 3.08. The molecule has 7 heteroatoms. The van der Waals surface area contributed by atoms with Crippen molar-refractivity contribution in [2.24, 2.45) is 0 Å². The number of methoxy groups -OCH3 is 2. The number of ether oxygens (including phenoxy) is 3. The molecule has 2 atom stereocenters. The summed E-state index contributed by atoms with van der Waals surface area (Å²) in [6, 6.07) is 20.5. The van der Waals surface area contributed by atoms with Crippen LogP contribution >= 0.6 is 0 Å². The molecule has 0 saturated heterocycles. The largest absolute Gasteiger partial charge is 0.497 e. The first-order valence-corrected chi connectivity index (χ1v) is 12.2. The highest BCUT2D eigenvalue weighted by atomic mass is 16.5. The number of amides is 2. The molecule has 2 amide bonds. The number of benzene rings is 3. The van der Waals surface area contributed by atoms with Crippen molar-refractivity contribution in [3.05, 3.63) is 83.4 Å². The van der Waals surface area contributed by atoms with Crippen molar-refractivity contribution < 1.29 is 23.8 Å². The fraction of sp³-hybridized carbons (Fsp3) is 0.310. The molecule has 0 unspecified atom stereocenters. The van der Waals surface area contributed by atoms with Crippen LogP contribution < -0.4 is 19.5 Å². The van der Waals surface area contributed by atoms with Gasteiger partial charge in [0.1, 0.15) is 17.2 Å². The molecule has 4 rings (SSSR count). The number of nitrogens with one attached hydrogen (secondary N) is 1. The van der Waals surface area contributed by atoms with Crippen molar-refractivity contribution in [2.45, 2.75) is 45.4 Å². The van der Waals surface area contributed by atoms with Crippen molar-refractivity contribution in [3.8, 4) is 17.2 Å². The molecule has 1 heterocycles. The standard InChI is InChI=1S/C29H32N2O5/c1-5-25(19-10-8-7-9-11-19)31-18-21-14-22(12-13-27(21)36-26(6-2)29(31)33)30-28(32)20-15-23(34-3)17-24(16-20)35-4/h7-17,25-26H,5-6,18H2,1-4H3,(H,30,32)/t25-,26-/m1/s1. The molecule has 0 aromatic heterocycles. The first-order chi connectivity index (χ1) is 17.5. The van der Waals surface area contributed by atoms with Crippen LogP contribution in [0.5, 0.6) is 17.2 Å². The van der Waals surface area contributed by atoms with Crippen molar-refractivity contribution >= 4 is 17.5 Å². The van der Waals surface area contributed by atoms with E-state index in [1.54, 1.807) is 38.5 Å². The Morgan fingerprint density at radius 3 is 2.33 bits per heavy atom. The van der Waals surface area contributed by atoms with E-state index in [0.717, 1.165) is 17.5 Å². The molecule has 0 saturated carbocycles. The van der Waals surface area contributed by atoms with E-state index in [9.17, 15) is 9.59 Å². The molecule has 0 aliphatic carbocycles. The number of rotatable bonds is 8. The Morgan fingerprint density at radius 2 is 1.72 bits per heavy atom. The summed E-state index contributed by atoms with van der Waals surface area (Å²) in [5, 5.41) is 2.95. The van der Waals surface area contributed by atoms with Crippen LogP contribution in [0.25, 0.3) is 0 Å². The minimum Gasteiger partial charge on any atom is -0.497 e. The molecule has 1 aliphatic rings. The molecule has 0 bridgehead atoms. The Hall–Kier alpha value is -4.00. The summed E-state index contributed by atoms with van der Waals surface area (Å²) < 4.78 is 16.7. The van der Waals surface area contributed by atoms with Crippen LogP contribution in [0.1, 0.15) is 54.2 Å². The zero-order chi connectivity index (χ0) is 25.7. The van der Waals surface area contributed by atoms with E-state index in [1.165, 1.54) is 0 Å². The first kappa shape index (κ1) is 25.1. The Balaban J connectivity index is 1.64. The third-order valence-electron chi connectivity index (χ3n) is 6.42. The highest BCUT2D eigenvalue weighted by molar-refractivity contribution is 6.05. The zero-order valence-electron chi connectivity index (χ0n) is 21.1. The Bertz CT molecular complexity index is 1210. The van der Waals surface area contributed by atoms with Gasteiger partial charge >= 0.3 is 0 Å². The highest BCUT2D eigenvalue weighted by Crippen LogP contribution is 2.35. The first-order valence-electron chi connectivity index (χ1n) is 12.2. The molecular formula is C29H32N2O5. The van der Waals surface area contributed by atoms with Crippen LogP contribution in [0.15, 0.2) is 66.7 Å². The number of carbonyl (C=O) groups is 2. The van der Waals surface area contributed by atoms with Crippen molar-refractivity contribution in [2.75, 3.05) is 19.5 Å². The van der Waals surface area contributed by atoms with Gasteiger partial charge in [-0.15, -0.1) is 0 Å². The predicted octanol–water partition coefficient (Wildman–Crippen LogP) is 5.61. The van der Waals surface area contributed by atoms with Gasteiger partial charge in [-0.05, 0) is 48.7 Å². The molecule has 0 spiro atoms. The maximum absolute atomic E-state index is 13.5. The maximum Gasteiger partial charge on any atom is 0.264 e. The fourth-order valence-corrected chi connectivity index (χ4v) is 4.52. The van der Waals surface area contributed by atoms with Gasteiger partial charge in [-0.25, -0.2) is 0 Å². The monoisotopic (exact) mass is 488 g/mol. The average molecular weight is 489 g/mol. The summed E-state index contributed by atoms with van der Waals surface area (Å²) >= 11 is 0. The Kier molecular flexibility index (Phi) is 7.78. The number of nitrogens with zero attached hydrogens (tertiary/aromatic N) is 1. The topological polar surface area (TPSA) is 77.1 Å². The van der Waals surface area contributed by atoms with Crippen LogP contribution in [0.3, 0.4) is 0 Å². The lowest BCUT2D eigenvalue weighted by Gasteiger charge is -2.32. The quantitative estimate of drug-likeness (QED) is 0.446. The van der Waals surface area contributed by atoms with Crippen LogP contribution in [0.2, 0.25) is 0 Å². The summed E-state index contributed by atoms with van der Waals surface area (Å²) in [6.45, 7) is 4.42. The molecule has 3 aromatic rings. The van der Waals surface area contributed by atoms with Crippen molar-refractivity contribution in [3.63, 3.8) is 0 Å². The number of hydrogen-bond acceptors (Lipinski definition) is 5. The minimum atomic E-state index is -0.561. The van der Waals surface area contributed by atoms with E-state index in [4.69, 9.17) is 14.2 Å². The second kappa shape index (κ2) is 11.2. The van der Waals surface area contributed by atoms with Gasteiger partial charge in [-0.3, -0.25) is 9.59 Å². The molecule has 7 nitrogen and oxygen atoms in total. The third kappa shape index (κ3) is 5.30. The lowest BCUT2D eigenvalue weighted by atomic mass is 10.0. The van der Waals surface area contributed by atoms with Gasteiger partial charge in [-0.1, -0.05) is 44.2 Å². The summed E-state index contributed by atoms with van der Waals surface area (Å²) in [5.41, 5.74) is 2.95. The number of carbonyl (C=O) groups excluding carboxylic acids is 2. The molecule has 36 heavy (non-hydrogen) atoms. The highest BCUT2D eigenvalue weighted by Gasteiger charge is 2.34. The van der Waals surface area contributed by atoms with E-state index < -0.39 is 6.10 Å². The number of fused-ring (bicyclic) bond motifs is 1. The predicted molar refractivity (Wildman–Crippen MR) is 139 cm³/mol. The van der Waals surface area contributed by atoms with Crippen LogP contribution in [-0.4, -0.2) is 37.0 Å². The second-order valence-corrected chi connectivity index (χ2v) is 8.69. The fourth-order valence-electron chi connectivity index (χ4n) is 4.52. The Morgan fingerprint density at radius 1 is 1.03 bits per heavy atom. The molecular weight excluding hydrogens is 456 g/mol. The van der Waals surface area contributed by atoms with Crippen molar-refractivity contribution in [1.82, 2.24) is 4.90 Å². The Labute approximate surface area is 212 Å². The van der Waals surface area contributed by atoms with Gasteiger partial charge < -0.3 is 24.4 Å². The van der Waals surface area contributed by atoms with Crippen LogP contribution in [0.4, 0.5) is 5.69 Å². The van der Waals surface area contributed by atoms with E-state index >= 15 is 0 Å². The van der Waals surface area contributed by atoms with E-state index in [1.807, 2.05) is 54.3 Å². The van der Waals surface area contributed by atoms with Gasteiger partial charge in [0.2, 0.25) is 0 Å². The van der Waals surface area contributed by atoms with E-state index in [2.05, 4.69) is 12.2 Å². The van der Waals surface area contributed by atoms with Gasteiger partial charge in [0.15, 0.2) is 6.10 Å². The molecule has 3 aromatic carbocycles. The molecule has 188 valence electrons. The number of anilines is 1. The number of hydrogen-bond donors (Lipinski definition) is 1. The van der Waals surface area contributed by atoms with Gasteiger partial charge in [0, 0.05) is 22.9 Å². The third-order valence-corrected chi connectivity index (χ3v) is 6.42. The van der Waals surface area contributed by atoms with Crippen molar-refractivity contribution in [1.29, 1.82) is 0 Å². The molecule has 1 N–H and O–H groups in total. The van der Waals surface area contributed by atoms with Gasteiger partial charge in [0.05, 0.1) is 26.8 Å². The zero-order valence-corrected chi connectivity index (χ0v) is 21.1. The SMILES string of the molecule is CC[C@H](c1ccccc1)N1Cc2cc(NC(=O)c3cc(OC)cc(OC)c3)ccc2O[C@H](CC)C1=O. The molecule has 0 radical (unpaired) electrons. The summed E-state index contributed by atoms with van der Waals surface area (Å²) in [6.07, 6.45) is 0.778. The average Bonchev–Trinajstić information content (AvgIpc) is 3.05. The molecule has 0 fully saturated rings. The second-order valence-electron chi connectivity index (χ2n) is 8.69. The maximum atomic E-state index is 13.5.